The van der Waals surface area contributed by atoms with Crippen LogP contribution in [0.3, 0.4) is 0 Å². The second kappa shape index (κ2) is 10.6. The van der Waals surface area contributed by atoms with E-state index in [1.165, 1.54) is 25.0 Å². The van der Waals surface area contributed by atoms with Crippen molar-refractivity contribution in [3.63, 3.8) is 0 Å². The Kier molecular flexibility index (Phi) is 7.64. The number of unbranched alkanes of at least 4 members (excludes halogenated alkanes) is 2. The first-order chi connectivity index (χ1) is 15.2. The molecular formula is C24H36N4O2S. The Morgan fingerprint density at radius 3 is 2.71 bits per heavy atom. The molecule has 2 saturated heterocycles. The molecule has 2 fully saturated rings. The van der Waals surface area contributed by atoms with Gasteiger partial charge in [-0.1, -0.05) is 25.8 Å². The summed E-state index contributed by atoms with van der Waals surface area (Å²) in [6.07, 6.45) is 13.3. The zero-order valence-electron chi connectivity index (χ0n) is 18.8. The average Bonchev–Trinajstić information content (AvgIpc) is 3.31. The molecule has 1 atom stereocenters. The summed E-state index contributed by atoms with van der Waals surface area (Å²) in [5.74, 6) is 0.977. The lowest BCUT2D eigenvalue weighted by molar-refractivity contribution is 0.0743. The molecule has 6 nitrogen and oxygen atoms in total. The first-order valence-electron chi connectivity index (χ1n) is 12.2. The summed E-state index contributed by atoms with van der Waals surface area (Å²) in [6.45, 7) is 5.26. The van der Waals surface area contributed by atoms with E-state index in [0.29, 0.717) is 17.5 Å². The Morgan fingerprint density at radius 1 is 1.10 bits per heavy atom. The van der Waals surface area contributed by atoms with Crippen molar-refractivity contribution in [1.82, 2.24) is 20.1 Å². The van der Waals surface area contributed by atoms with Crippen LogP contribution in [-0.2, 0) is 0 Å². The van der Waals surface area contributed by atoms with Crippen LogP contribution in [0.1, 0.15) is 92.5 Å². The Morgan fingerprint density at radius 2 is 1.90 bits per heavy atom. The quantitative estimate of drug-likeness (QED) is 0.618. The Hall–Kier alpha value is -1.89. The summed E-state index contributed by atoms with van der Waals surface area (Å²) in [6, 6.07) is 0.0602. The van der Waals surface area contributed by atoms with Crippen LogP contribution in [0.15, 0.2) is 17.2 Å². The number of hydrogen-bond donors (Lipinski definition) is 1. The van der Waals surface area contributed by atoms with Gasteiger partial charge in [0.25, 0.3) is 5.91 Å². The number of thiazole rings is 1. The molecule has 1 aromatic rings. The second-order valence-electron chi connectivity index (χ2n) is 9.13. The van der Waals surface area contributed by atoms with Crippen LogP contribution >= 0.6 is 11.3 Å². The number of amides is 3. The van der Waals surface area contributed by atoms with Crippen LogP contribution in [0.4, 0.5) is 4.79 Å². The van der Waals surface area contributed by atoms with Gasteiger partial charge in [0.2, 0.25) is 0 Å². The molecule has 3 aliphatic rings. The van der Waals surface area contributed by atoms with Crippen molar-refractivity contribution in [3.8, 4) is 0 Å². The third-order valence-electron chi connectivity index (χ3n) is 6.95. The summed E-state index contributed by atoms with van der Waals surface area (Å²) < 4.78 is 0. The smallest absolute Gasteiger partial charge is 0.317 e. The van der Waals surface area contributed by atoms with Gasteiger partial charge in [0.1, 0.15) is 5.69 Å². The highest BCUT2D eigenvalue weighted by Crippen LogP contribution is 2.36. The molecule has 2 aliphatic heterocycles. The van der Waals surface area contributed by atoms with Crippen molar-refractivity contribution in [2.45, 2.75) is 77.0 Å². The van der Waals surface area contributed by atoms with E-state index in [-0.39, 0.29) is 11.9 Å². The van der Waals surface area contributed by atoms with Gasteiger partial charge in [-0.3, -0.25) is 4.79 Å². The summed E-state index contributed by atoms with van der Waals surface area (Å²) in [7, 11) is 0. The minimum Gasteiger partial charge on any atom is -0.338 e. The number of fused-ring (bicyclic) bond motifs is 1. The van der Waals surface area contributed by atoms with Crippen molar-refractivity contribution in [2.24, 2.45) is 5.92 Å². The third kappa shape index (κ3) is 5.30. The molecule has 7 heteroatoms. The number of allylic oxidation sites excluding steroid dienone is 2. The normalized spacial score (nSPS) is 22.1. The van der Waals surface area contributed by atoms with E-state index >= 15 is 0 Å². The number of carbonyl (C=O) groups excluding carboxylic acids is 2. The second-order valence-corrected chi connectivity index (χ2v) is 10.0. The number of nitrogens with one attached hydrogen (secondary N) is 1. The molecule has 3 heterocycles. The molecule has 0 radical (unpaired) electrons. The van der Waals surface area contributed by atoms with E-state index in [1.54, 1.807) is 11.3 Å². The minimum atomic E-state index is 0.0602. The maximum atomic E-state index is 13.2. The van der Waals surface area contributed by atoms with Crippen LogP contribution in [0.5, 0.6) is 0 Å². The first-order valence-corrected chi connectivity index (χ1v) is 13.1. The van der Waals surface area contributed by atoms with Gasteiger partial charge < -0.3 is 15.1 Å². The Bertz CT molecular complexity index is 797. The van der Waals surface area contributed by atoms with Gasteiger partial charge in [0.05, 0.1) is 5.01 Å². The zero-order chi connectivity index (χ0) is 21.6. The average molecular weight is 445 g/mol. The zero-order valence-corrected chi connectivity index (χ0v) is 19.6. The molecule has 170 valence electrons. The Labute approximate surface area is 190 Å². The largest absolute Gasteiger partial charge is 0.338 e. The van der Waals surface area contributed by atoms with E-state index in [4.69, 9.17) is 4.98 Å². The number of likely N-dealkylation sites (tertiary alicyclic amines) is 2. The number of piperidine rings is 2. The van der Waals surface area contributed by atoms with Gasteiger partial charge in [-0.25, -0.2) is 9.78 Å². The van der Waals surface area contributed by atoms with Crippen molar-refractivity contribution >= 4 is 23.3 Å². The number of rotatable bonds is 6. The van der Waals surface area contributed by atoms with Crippen molar-refractivity contribution in [2.75, 3.05) is 26.2 Å². The van der Waals surface area contributed by atoms with E-state index in [9.17, 15) is 9.59 Å². The van der Waals surface area contributed by atoms with Gasteiger partial charge in [0, 0.05) is 43.2 Å². The fraction of sp³-hybridized carbons (Fsp3) is 0.708. The number of carbonyl (C=O) groups is 2. The summed E-state index contributed by atoms with van der Waals surface area (Å²) in [5.41, 5.74) is 1.85. The molecule has 0 saturated carbocycles. The highest BCUT2D eigenvalue weighted by Gasteiger charge is 2.32. The van der Waals surface area contributed by atoms with Gasteiger partial charge in [-0.05, 0) is 57.3 Å². The molecule has 4 rings (SSSR count). The van der Waals surface area contributed by atoms with Crippen LogP contribution in [0.25, 0.3) is 0 Å². The number of urea groups is 1. The molecule has 0 spiro atoms. The van der Waals surface area contributed by atoms with E-state index in [0.717, 1.165) is 76.1 Å². The molecule has 0 aromatic carbocycles. The first kappa shape index (κ1) is 22.3. The molecule has 31 heavy (non-hydrogen) atoms. The fourth-order valence-electron chi connectivity index (χ4n) is 5.12. The van der Waals surface area contributed by atoms with E-state index in [1.807, 2.05) is 15.2 Å². The lowest BCUT2D eigenvalue weighted by Gasteiger charge is -2.37. The van der Waals surface area contributed by atoms with Crippen LogP contribution in [0, 0.1) is 5.92 Å². The highest BCUT2D eigenvalue weighted by atomic mass is 32.1. The molecule has 0 bridgehead atoms. The van der Waals surface area contributed by atoms with Crippen molar-refractivity contribution in [1.29, 1.82) is 0 Å². The molecule has 1 aromatic heterocycles. The maximum absolute atomic E-state index is 13.2. The lowest BCUT2D eigenvalue weighted by Crippen LogP contribution is -2.44. The molecule has 1 unspecified atom stereocenters. The van der Waals surface area contributed by atoms with E-state index < -0.39 is 0 Å². The van der Waals surface area contributed by atoms with Crippen LogP contribution in [0.2, 0.25) is 0 Å². The molecule has 1 N–H and O–H groups in total. The third-order valence-corrected chi connectivity index (χ3v) is 7.96. The maximum Gasteiger partial charge on any atom is 0.317 e. The Balaban J connectivity index is 1.31. The molecule has 3 amide bonds. The predicted molar refractivity (Wildman–Crippen MR) is 124 cm³/mol. The van der Waals surface area contributed by atoms with Gasteiger partial charge in [-0.15, -0.1) is 11.3 Å². The number of nitrogens with zero attached hydrogens (tertiary/aromatic N) is 3. The molecule has 1 aliphatic carbocycles. The molecular weight excluding hydrogens is 408 g/mol. The summed E-state index contributed by atoms with van der Waals surface area (Å²) >= 11 is 1.61. The predicted octanol–water partition coefficient (Wildman–Crippen LogP) is 5.14. The number of aromatic nitrogens is 1. The standard InChI is InChI=1S/C24H36N4O2S/c1-2-3-6-13-25-24(30)27-15-11-19(12-16-27)22-26-20(17-31-22)23(29)28-14-7-9-18-8-4-5-10-21(18)28/h10,17-19H,2-9,11-16H2,1H3,(H,25,30). The topological polar surface area (TPSA) is 65.5 Å². The van der Waals surface area contributed by atoms with E-state index in [2.05, 4.69) is 18.3 Å². The van der Waals surface area contributed by atoms with Crippen molar-refractivity contribution in [3.05, 3.63) is 27.9 Å². The van der Waals surface area contributed by atoms with Gasteiger partial charge >= 0.3 is 6.03 Å². The fourth-order valence-corrected chi connectivity index (χ4v) is 6.08. The lowest BCUT2D eigenvalue weighted by atomic mass is 9.85. The summed E-state index contributed by atoms with van der Waals surface area (Å²) in [4.78, 5) is 34.2. The van der Waals surface area contributed by atoms with Gasteiger partial charge in [-0.2, -0.15) is 0 Å². The highest BCUT2D eigenvalue weighted by molar-refractivity contribution is 7.09. The van der Waals surface area contributed by atoms with Crippen molar-refractivity contribution < 1.29 is 9.59 Å². The van der Waals surface area contributed by atoms with Crippen LogP contribution in [-0.4, -0.2) is 52.9 Å². The SMILES string of the molecule is CCCCCNC(=O)N1CCC(c2nc(C(=O)N3CCCC4CCCC=C43)cs2)CC1. The van der Waals surface area contributed by atoms with Gasteiger partial charge in [0.15, 0.2) is 0 Å². The minimum absolute atomic E-state index is 0.0602. The number of hydrogen-bond acceptors (Lipinski definition) is 4. The van der Waals surface area contributed by atoms with Crippen LogP contribution < -0.4 is 5.32 Å². The summed E-state index contributed by atoms with van der Waals surface area (Å²) in [5, 5.41) is 6.03. The monoisotopic (exact) mass is 444 g/mol.